The summed E-state index contributed by atoms with van der Waals surface area (Å²) in [5, 5.41) is 7.17. The molecule has 2 aliphatic heterocycles. The summed E-state index contributed by atoms with van der Waals surface area (Å²) in [7, 11) is 0. The molecule has 2 heterocycles. The zero-order valence-corrected chi connectivity index (χ0v) is 20.7. The lowest BCUT2D eigenvalue weighted by Crippen LogP contribution is -2.72. The largest absolute Gasteiger partial charge is 0.467 e. The Hall–Kier alpha value is -3.38. The van der Waals surface area contributed by atoms with E-state index < -0.39 is 11.6 Å². The van der Waals surface area contributed by atoms with E-state index in [1.807, 2.05) is 74.2 Å². The molecule has 2 N–H and O–H groups in total. The molecule has 0 aliphatic carbocycles. The van der Waals surface area contributed by atoms with Gasteiger partial charge >= 0.3 is 0 Å². The van der Waals surface area contributed by atoms with Gasteiger partial charge in [-0.3, -0.25) is 9.69 Å². The quantitative estimate of drug-likeness (QED) is 0.481. The van der Waals surface area contributed by atoms with E-state index >= 15 is 0 Å². The van der Waals surface area contributed by atoms with Gasteiger partial charge in [0.05, 0.1) is 6.04 Å². The third-order valence-corrected chi connectivity index (χ3v) is 7.23. The highest BCUT2D eigenvalue weighted by molar-refractivity contribution is 7.80. The van der Waals surface area contributed by atoms with Gasteiger partial charge in [0.2, 0.25) is 5.91 Å². The number of hydrogen-bond donors (Lipinski definition) is 2. The second kappa shape index (κ2) is 8.44. The van der Waals surface area contributed by atoms with Crippen molar-refractivity contribution in [1.82, 2.24) is 5.32 Å². The van der Waals surface area contributed by atoms with Gasteiger partial charge in [-0.25, -0.2) is 0 Å². The highest BCUT2D eigenvalue weighted by atomic mass is 32.1. The van der Waals surface area contributed by atoms with Crippen LogP contribution < -0.4 is 20.3 Å². The molecule has 0 saturated carbocycles. The van der Waals surface area contributed by atoms with E-state index in [1.54, 1.807) is 0 Å². The number of rotatable bonds is 4. The Kier molecular flexibility index (Phi) is 5.56. The van der Waals surface area contributed by atoms with E-state index in [0.29, 0.717) is 5.11 Å². The molecule has 5 nitrogen and oxygen atoms in total. The highest BCUT2D eigenvalue weighted by Gasteiger charge is 2.59. The van der Waals surface area contributed by atoms with Crippen LogP contribution in [0.2, 0.25) is 0 Å². The zero-order valence-electron chi connectivity index (χ0n) is 19.9. The molecular formula is C28H29N3O2S. The minimum absolute atomic E-state index is 0.112. The average Bonchev–Trinajstić information content (AvgIpc) is 2.80. The number of nitrogens with zero attached hydrogens (tertiary/aromatic N) is 1. The molecule has 2 aliphatic rings. The van der Waals surface area contributed by atoms with Crippen molar-refractivity contribution in [1.29, 1.82) is 0 Å². The fourth-order valence-corrected chi connectivity index (χ4v) is 5.58. The topological polar surface area (TPSA) is 53.6 Å². The average molecular weight is 472 g/mol. The molecule has 3 aromatic carbocycles. The summed E-state index contributed by atoms with van der Waals surface area (Å²) in [6.45, 7) is 8.14. The highest BCUT2D eigenvalue weighted by Crippen LogP contribution is 2.49. The predicted molar refractivity (Wildman–Crippen MR) is 140 cm³/mol. The van der Waals surface area contributed by atoms with Crippen molar-refractivity contribution >= 4 is 34.6 Å². The summed E-state index contributed by atoms with van der Waals surface area (Å²) < 4.78 is 6.64. The zero-order chi connectivity index (χ0) is 24.0. The number of nitrogens with one attached hydrogen (secondary N) is 2. The molecule has 1 fully saturated rings. The molecule has 3 atom stereocenters. The molecule has 0 spiro atoms. The lowest BCUT2D eigenvalue weighted by atomic mass is 9.78. The number of aryl methyl sites for hydroxylation is 3. The first-order valence-electron chi connectivity index (χ1n) is 11.7. The van der Waals surface area contributed by atoms with Crippen LogP contribution in [0, 0.1) is 19.8 Å². The molecule has 174 valence electrons. The van der Waals surface area contributed by atoms with Gasteiger partial charge in [-0.05, 0) is 74.8 Å². The maximum atomic E-state index is 13.9. The SMILES string of the molecule is CCc1ccc(N2C(=S)NC3c4ccccc4OC2(C)C3C(=O)Nc2ccc(C)cc2C)cc1. The number of anilines is 2. The first kappa shape index (κ1) is 22.4. The van der Waals surface area contributed by atoms with E-state index in [2.05, 4.69) is 35.8 Å². The predicted octanol–water partition coefficient (Wildman–Crippen LogP) is 5.67. The van der Waals surface area contributed by atoms with Crippen molar-refractivity contribution in [2.45, 2.75) is 45.9 Å². The van der Waals surface area contributed by atoms with Gasteiger partial charge in [0.25, 0.3) is 0 Å². The standard InChI is InChI=1S/C28H29N3O2S/c1-5-19-11-13-20(14-12-19)31-27(34)30-25-21-8-6-7-9-23(21)33-28(31,4)24(25)26(32)29-22-15-10-17(2)16-18(22)3/h6-16,24-25H,5H2,1-4H3,(H,29,32)(H,30,34). The second-order valence-corrected chi connectivity index (χ2v) is 9.65. The van der Waals surface area contributed by atoms with Crippen LogP contribution in [0.1, 0.15) is 42.1 Å². The van der Waals surface area contributed by atoms with Crippen LogP contribution >= 0.6 is 12.2 Å². The van der Waals surface area contributed by atoms with Gasteiger partial charge in [-0.15, -0.1) is 0 Å². The Balaban J connectivity index is 1.60. The lowest BCUT2D eigenvalue weighted by molar-refractivity contribution is -0.130. The van der Waals surface area contributed by atoms with E-state index in [4.69, 9.17) is 17.0 Å². The third kappa shape index (κ3) is 3.62. The Morgan fingerprint density at radius 2 is 1.85 bits per heavy atom. The molecule has 5 rings (SSSR count). The van der Waals surface area contributed by atoms with Gasteiger partial charge in [0.1, 0.15) is 11.7 Å². The summed E-state index contributed by atoms with van der Waals surface area (Å²) in [6.07, 6.45) is 0.952. The van der Waals surface area contributed by atoms with Gasteiger partial charge in [0.15, 0.2) is 10.8 Å². The van der Waals surface area contributed by atoms with E-state index in [1.165, 1.54) is 5.56 Å². The summed E-state index contributed by atoms with van der Waals surface area (Å²) in [5.74, 6) is 0.0931. The van der Waals surface area contributed by atoms with Gasteiger partial charge < -0.3 is 15.4 Å². The van der Waals surface area contributed by atoms with Gasteiger partial charge in [-0.2, -0.15) is 0 Å². The van der Waals surface area contributed by atoms with Crippen molar-refractivity contribution in [2.24, 2.45) is 5.92 Å². The number of benzene rings is 3. The normalized spacial score (nSPS) is 22.9. The van der Waals surface area contributed by atoms with Crippen molar-refractivity contribution in [3.63, 3.8) is 0 Å². The van der Waals surface area contributed by atoms with Crippen molar-refractivity contribution < 1.29 is 9.53 Å². The van der Waals surface area contributed by atoms with Crippen LogP contribution in [0.5, 0.6) is 5.75 Å². The summed E-state index contributed by atoms with van der Waals surface area (Å²) in [6, 6.07) is 21.9. The Labute approximate surface area is 206 Å². The lowest BCUT2D eigenvalue weighted by Gasteiger charge is -2.56. The molecule has 1 amide bonds. The van der Waals surface area contributed by atoms with E-state index in [-0.39, 0.29) is 11.9 Å². The van der Waals surface area contributed by atoms with Gasteiger partial charge in [-0.1, -0.05) is 55.0 Å². The molecule has 3 aromatic rings. The number of hydrogen-bond acceptors (Lipinski definition) is 3. The van der Waals surface area contributed by atoms with Crippen molar-refractivity contribution in [2.75, 3.05) is 10.2 Å². The molecule has 2 bridgehead atoms. The Morgan fingerprint density at radius 1 is 1.12 bits per heavy atom. The molecule has 1 saturated heterocycles. The number of carbonyl (C=O) groups excluding carboxylic acids is 1. The Bertz CT molecular complexity index is 1270. The number of ether oxygens (including phenoxy) is 1. The Morgan fingerprint density at radius 3 is 2.56 bits per heavy atom. The molecular weight excluding hydrogens is 442 g/mol. The summed E-state index contributed by atoms with van der Waals surface area (Å²) in [4.78, 5) is 15.9. The molecule has 34 heavy (non-hydrogen) atoms. The monoisotopic (exact) mass is 471 g/mol. The second-order valence-electron chi connectivity index (χ2n) is 9.26. The van der Waals surface area contributed by atoms with Crippen LogP contribution in [0.3, 0.4) is 0 Å². The first-order chi connectivity index (χ1) is 16.3. The fraction of sp³-hybridized carbons (Fsp3) is 0.286. The summed E-state index contributed by atoms with van der Waals surface area (Å²) >= 11 is 5.83. The molecule has 6 heteroatoms. The fourth-order valence-electron chi connectivity index (χ4n) is 5.16. The maximum Gasteiger partial charge on any atom is 0.236 e. The number of fused-ring (bicyclic) bond motifs is 4. The van der Waals surface area contributed by atoms with Gasteiger partial charge in [0, 0.05) is 16.9 Å². The van der Waals surface area contributed by atoms with Crippen LogP contribution in [0.4, 0.5) is 11.4 Å². The maximum absolute atomic E-state index is 13.9. The van der Waals surface area contributed by atoms with Crippen molar-refractivity contribution in [3.8, 4) is 5.75 Å². The minimum atomic E-state index is -1.02. The van der Waals surface area contributed by atoms with Crippen LogP contribution in [-0.2, 0) is 11.2 Å². The van der Waals surface area contributed by atoms with Crippen molar-refractivity contribution in [3.05, 3.63) is 89.0 Å². The number of carbonyl (C=O) groups is 1. The van der Waals surface area contributed by atoms with Crippen LogP contribution in [0.25, 0.3) is 0 Å². The van der Waals surface area contributed by atoms with Crippen LogP contribution in [-0.4, -0.2) is 16.7 Å². The summed E-state index contributed by atoms with van der Waals surface area (Å²) in [5.41, 5.74) is 5.03. The molecule has 0 radical (unpaired) electrons. The molecule has 3 unspecified atom stereocenters. The molecule has 0 aromatic heterocycles. The third-order valence-electron chi connectivity index (χ3n) is 6.93. The van der Waals surface area contributed by atoms with Crippen LogP contribution in [0.15, 0.2) is 66.7 Å². The smallest absolute Gasteiger partial charge is 0.236 e. The van der Waals surface area contributed by atoms with E-state index in [9.17, 15) is 4.79 Å². The minimum Gasteiger partial charge on any atom is -0.467 e. The number of amides is 1. The van der Waals surface area contributed by atoms with E-state index in [0.717, 1.165) is 40.2 Å². The number of thiocarbonyl (C=S) groups is 1. The first-order valence-corrected chi connectivity index (χ1v) is 12.1. The number of para-hydroxylation sites is 1.